The molecule has 10 heteroatoms. The summed E-state index contributed by atoms with van der Waals surface area (Å²) in [5.41, 5.74) is 1.85. The Hall–Kier alpha value is -2.85. The number of pyridine rings is 1. The molecule has 1 amide bonds. The van der Waals surface area contributed by atoms with Crippen LogP contribution in [0.3, 0.4) is 0 Å². The number of thiophene rings is 1. The van der Waals surface area contributed by atoms with E-state index < -0.39 is 0 Å². The Labute approximate surface area is 172 Å². The van der Waals surface area contributed by atoms with Gasteiger partial charge in [-0.3, -0.25) is 9.78 Å². The summed E-state index contributed by atoms with van der Waals surface area (Å²) in [7, 11) is 0. The van der Waals surface area contributed by atoms with Crippen LogP contribution in [-0.4, -0.2) is 35.2 Å². The maximum Gasteiger partial charge on any atom is 0.274 e. The largest absolute Gasteiger partial charge is 0.320 e. The van der Waals surface area contributed by atoms with Gasteiger partial charge in [0.15, 0.2) is 5.82 Å². The topological polar surface area (TPSA) is 90.5 Å². The SMILES string of the molecule is O=C(Nc1csc(-c2nncn2C2CC2)c1)c1cc(-n2cnc(Br)c2)ccn1. The van der Waals surface area contributed by atoms with Gasteiger partial charge < -0.3 is 14.5 Å². The number of nitrogens with one attached hydrogen (secondary N) is 1. The molecule has 0 saturated heterocycles. The number of hydrogen-bond donors (Lipinski definition) is 1. The first kappa shape index (κ1) is 17.3. The standard InChI is InChI=1S/C18H14BrN7OS/c19-16-7-25(9-21-16)13-3-4-20-14(6-13)18(27)23-11-5-15(28-8-11)17-24-22-10-26(17)12-1-2-12/h3-10,12H,1-2H2,(H,23,27). The van der Waals surface area contributed by atoms with E-state index in [0.29, 0.717) is 17.4 Å². The van der Waals surface area contributed by atoms with E-state index in [2.05, 4.69) is 46.0 Å². The fourth-order valence-corrected chi connectivity index (χ4v) is 4.04. The van der Waals surface area contributed by atoms with E-state index in [9.17, 15) is 4.79 Å². The number of carbonyl (C=O) groups is 1. The molecule has 0 unspecified atom stereocenters. The highest BCUT2D eigenvalue weighted by Gasteiger charge is 2.27. The van der Waals surface area contributed by atoms with Crippen LogP contribution < -0.4 is 5.32 Å². The molecule has 8 nitrogen and oxygen atoms in total. The molecular weight excluding hydrogens is 442 g/mol. The number of nitrogens with zero attached hydrogens (tertiary/aromatic N) is 6. The second-order valence-electron chi connectivity index (χ2n) is 6.45. The maximum absolute atomic E-state index is 12.6. The summed E-state index contributed by atoms with van der Waals surface area (Å²) < 4.78 is 4.64. The Bertz CT molecular complexity index is 1160. The van der Waals surface area contributed by atoms with Crippen molar-refractivity contribution in [3.8, 4) is 16.4 Å². The zero-order valence-electron chi connectivity index (χ0n) is 14.5. The second kappa shape index (κ2) is 6.95. The lowest BCUT2D eigenvalue weighted by Crippen LogP contribution is -2.13. The minimum atomic E-state index is -0.269. The lowest BCUT2D eigenvalue weighted by molar-refractivity contribution is 0.102. The van der Waals surface area contributed by atoms with Gasteiger partial charge in [0.1, 0.15) is 23.0 Å². The lowest BCUT2D eigenvalue weighted by atomic mass is 10.3. The maximum atomic E-state index is 12.6. The van der Waals surface area contributed by atoms with E-state index in [-0.39, 0.29) is 5.91 Å². The van der Waals surface area contributed by atoms with Crippen molar-refractivity contribution < 1.29 is 4.79 Å². The molecule has 0 aliphatic heterocycles. The number of imidazole rings is 1. The van der Waals surface area contributed by atoms with Gasteiger partial charge >= 0.3 is 0 Å². The van der Waals surface area contributed by atoms with Crippen molar-refractivity contribution in [2.75, 3.05) is 5.32 Å². The Morgan fingerprint density at radius 1 is 1.25 bits per heavy atom. The molecular formula is C18H14BrN7OS. The Balaban J connectivity index is 1.35. The summed E-state index contributed by atoms with van der Waals surface area (Å²) >= 11 is 4.85. The fraction of sp³-hybridized carbons (Fsp3) is 0.167. The van der Waals surface area contributed by atoms with Crippen molar-refractivity contribution in [3.63, 3.8) is 0 Å². The average Bonchev–Trinajstić information content (AvgIpc) is 3.09. The van der Waals surface area contributed by atoms with Gasteiger partial charge in [-0.2, -0.15) is 0 Å². The highest BCUT2D eigenvalue weighted by molar-refractivity contribution is 9.10. The third kappa shape index (κ3) is 3.36. The molecule has 4 heterocycles. The zero-order valence-corrected chi connectivity index (χ0v) is 16.9. The number of hydrogen-bond acceptors (Lipinski definition) is 6. The number of aromatic nitrogens is 6. The molecule has 1 N–H and O–H groups in total. The van der Waals surface area contributed by atoms with Gasteiger partial charge in [-0.15, -0.1) is 21.5 Å². The molecule has 0 atom stereocenters. The summed E-state index contributed by atoms with van der Waals surface area (Å²) in [6.45, 7) is 0. The van der Waals surface area contributed by atoms with Crippen molar-refractivity contribution in [3.05, 3.63) is 58.9 Å². The molecule has 28 heavy (non-hydrogen) atoms. The van der Waals surface area contributed by atoms with Crippen LogP contribution in [0.5, 0.6) is 0 Å². The third-order valence-corrected chi connectivity index (χ3v) is 5.75. The van der Waals surface area contributed by atoms with Crippen molar-refractivity contribution in [1.82, 2.24) is 29.3 Å². The van der Waals surface area contributed by atoms with Crippen molar-refractivity contribution in [1.29, 1.82) is 0 Å². The van der Waals surface area contributed by atoms with E-state index in [0.717, 1.165) is 33.8 Å². The molecule has 1 fully saturated rings. The Morgan fingerprint density at radius 2 is 2.14 bits per heavy atom. The minimum absolute atomic E-state index is 0.269. The van der Waals surface area contributed by atoms with Crippen LogP contribution in [0.1, 0.15) is 29.4 Å². The van der Waals surface area contributed by atoms with Gasteiger partial charge in [0.25, 0.3) is 5.91 Å². The first-order chi connectivity index (χ1) is 13.7. The smallest absolute Gasteiger partial charge is 0.274 e. The van der Waals surface area contributed by atoms with Gasteiger partial charge in [-0.1, -0.05) is 0 Å². The molecule has 140 valence electrons. The third-order valence-electron chi connectivity index (χ3n) is 4.42. The molecule has 1 saturated carbocycles. The molecule has 4 aromatic heterocycles. The van der Waals surface area contributed by atoms with Gasteiger partial charge in [0.05, 0.1) is 16.3 Å². The molecule has 5 rings (SSSR count). The number of halogens is 1. The van der Waals surface area contributed by atoms with Crippen LogP contribution in [0.25, 0.3) is 16.4 Å². The van der Waals surface area contributed by atoms with Crippen molar-refractivity contribution in [2.24, 2.45) is 0 Å². The average molecular weight is 456 g/mol. The summed E-state index contributed by atoms with van der Waals surface area (Å²) in [5.74, 6) is 0.577. The lowest BCUT2D eigenvalue weighted by Gasteiger charge is -2.05. The Kier molecular flexibility index (Phi) is 4.29. The predicted octanol–water partition coefficient (Wildman–Crippen LogP) is 3.94. The number of amides is 1. The summed E-state index contributed by atoms with van der Waals surface area (Å²) in [6.07, 6.45) is 9.19. The second-order valence-corrected chi connectivity index (χ2v) is 8.17. The first-order valence-electron chi connectivity index (χ1n) is 8.63. The summed E-state index contributed by atoms with van der Waals surface area (Å²) in [6, 6.07) is 5.96. The fourth-order valence-electron chi connectivity index (χ4n) is 2.90. The van der Waals surface area contributed by atoms with Gasteiger partial charge in [-0.05, 0) is 47.0 Å². The van der Waals surface area contributed by atoms with E-state index in [1.807, 2.05) is 28.3 Å². The van der Waals surface area contributed by atoms with Crippen LogP contribution in [0.4, 0.5) is 5.69 Å². The van der Waals surface area contributed by atoms with E-state index in [1.165, 1.54) is 11.3 Å². The van der Waals surface area contributed by atoms with Crippen LogP contribution >= 0.6 is 27.3 Å². The summed E-state index contributed by atoms with van der Waals surface area (Å²) in [5, 5.41) is 13.1. The molecule has 0 spiro atoms. The molecule has 0 aromatic carbocycles. The monoisotopic (exact) mass is 455 g/mol. The quantitative estimate of drug-likeness (QED) is 0.492. The van der Waals surface area contributed by atoms with Crippen LogP contribution in [-0.2, 0) is 0 Å². The van der Waals surface area contributed by atoms with E-state index in [1.54, 1.807) is 24.9 Å². The number of anilines is 1. The number of rotatable bonds is 5. The highest BCUT2D eigenvalue weighted by Crippen LogP contribution is 2.39. The molecule has 0 radical (unpaired) electrons. The van der Waals surface area contributed by atoms with Gasteiger partial charge in [0, 0.05) is 23.8 Å². The van der Waals surface area contributed by atoms with Crippen LogP contribution in [0.15, 0.2) is 53.2 Å². The predicted molar refractivity (Wildman–Crippen MR) is 109 cm³/mol. The Morgan fingerprint density at radius 3 is 2.93 bits per heavy atom. The minimum Gasteiger partial charge on any atom is -0.320 e. The van der Waals surface area contributed by atoms with Crippen LogP contribution in [0, 0.1) is 0 Å². The zero-order chi connectivity index (χ0) is 19.1. The normalized spacial score (nSPS) is 13.6. The van der Waals surface area contributed by atoms with Gasteiger partial charge in [0.2, 0.25) is 0 Å². The molecule has 4 aromatic rings. The van der Waals surface area contributed by atoms with Crippen molar-refractivity contribution >= 4 is 38.9 Å². The molecule has 1 aliphatic carbocycles. The highest BCUT2D eigenvalue weighted by atomic mass is 79.9. The van der Waals surface area contributed by atoms with E-state index >= 15 is 0 Å². The van der Waals surface area contributed by atoms with Crippen LogP contribution in [0.2, 0.25) is 0 Å². The first-order valence-corrected chi connectivity index (χ1v) is 10.3. The number of carbonyl (C=O) groups excluding carboxylic acids is 1. The van der Waals surface area contributed by atoms with E-state index in [4.69, 9.17) is 0 Å². The molecule has 0 bridgehead atoms. The van der Waals surface area contributed by atoms with Gasteiger partial charge in [-0.25, -0.2) is 4.98 Å². The summed E-state index contributed by atoms with van der Waals surface area (Å²) in [4.78, 5) is 21.9. The molecule has 1 aliphatic rings. The van der Waals surface area contributed by atoms with Crippen molar-refractivity contribution in [2.45, 2.75) is 18.9 Å².